The Morgan fingerprint density at radius 2 is 1.76 bits per heavy atom. The Labute approximate surface area is 149 Å². The Bertz CT molecular complexity index is 531. The molecule has 1 aromatic carbocycles. The van der Waals surface area contributed by atoms with E-state index in [4.69, 9.17) is 14.2 Å². The molecule has 0 saturated heterocycles. The van der Waals surface area contributed by atoms with Gasteiger partial charge in [-0.25, -0.2) is 4.79 Å². The zero-order valence-electron chi connectivity index (χ0n) is 15.3. The second kappa shape index (κ2) is 11.2. The first-order chi connectivity index (χ1) is 11.9. The summed E-state index contributed by atoms with van der Waals surface area (Å²) in [7, 11) is 1.58. The Morgan fingerprint density at radius 3 is 2.32 bits per heavy atom. The van der Waals surface area contributed by atoms with Crippen molar-refractivity contribution >= 4 is 12.0 Å². The predicted molar refractivity (Wildman–Crippen MR) is 94.9 cm³/mol. The number of nitrogens with one attached hydrogen (secondary N) is 2. The largest absolute Gasteiger partial charge is 0.497 e. The molecule has 2 amide bonds. The summed E-state index contributed by atoms with van der Waals surface area (Å²) in [6.45, 7) is 6.38. The number of amides is 2. The van der Waals surface area contributed by atoms with Crippen molar-refractivity contribution in [1.29, 1.82) is 0 Å². The van der Waals surface area contributed by atoms with Gasteiger partial charge < -0.3 is 24.8 Å². The monoisotopic (exact) mass is 352 g/mol. The maximum absolute atomic E-state index is 11.9. The van der Waals surface area contributed by atoms with Crippen LogP contribution >= 0.6 is 0 Å². The summed E-state index contributed by atoms with van der Waals surface area (Å²) < 4.78 is 15.4. The van der Waals surface area contributed by atoms with E-state index in [0.717, 1.165) is 12.2 Å². The van der Waals surface area contributed by atoms with Crippen molar-refractivity contribution in [2.75, 3.05) is 26.9 Å². The minimum Gasteiger partial charge on any atom is -0.497 e. The summed E-state index contributed by atoms with van der Waals surface area (Å²) >= 11 is 0. The highest BCUT2D eigenvalue weighted by molar-refractivity contribution is 5.77. The maximum atomic E-state index is 11.9. The van der Waals surface area contributed by atoms with Crippen molar-refractivity contribution in [3.05, 3.63) is 24.3 Å². The fourth-order valence-corrected chi connectivity index (χ4v) is 2.21. The van der Waals surface area contributed by atoms with E-state index in [0.29, 0.717) is 24.8 Å². The van der Waals surface area contributed by atoms with Gasteiger partial charge in [0.15, 0.2) is 6.61 Å². The first-order valence-electron chi connectivity index (χ1n) is 8.41. The Morgan fingerprint density at radius 1 is 1.12 bits per heavy atom. The molecule has 1 aromatic rings. The van der Waals surface area contributed by atoms with Gasteiger partial charge in [-0.2, -0.15) is 0 Å². The molecule has 7 nitrogen and oxygen atoms in total. The molecule has 0 aromatic heterocycles. The van der Waals surface area contributed by atoms with Gasteiger partial charge in [-0.1, -0.05) is 13.8 Å². The van der Waals surface area contributed by atoms with Crippen LogP contribution in [0.4, 0.5) is 4.79 Å². The molecule has 0 spiro atoms. The molecule has 25 heavy (non-hydrogen) atoms. The number of ether oxygens (including phenoxy) is 3. The molecule has 1 unspecified atom stereocenters. The molecule has 1 rings (SSSR count). The Kier molecular flexibility index (Phi) is 9.21. The zero-order chi connectivity index (χ0) is 18.7. The predicted octanol–water partition coefficient (Wildman–Crippen LogP) is 2.35. The molecule has 0 bridgehead atoms. The quantitative estimate of drug-likeness (QED) is 0.675. The van der Waals surface area contributed by atoms with Gasteiger partial charge in [0.1, 0.15) is 11.5 Å². The molecule has 0 aliphatic carbocycles. The average Bonchev–Trinajstić information content (AvgIpc) is 2.58. The van der Waals surface area contributed by atoms with Crippen molar-refractivity contribution in [2.24, 2.45) is 5.92 Å². The van der Waals surface area contributed by atoms with Crippen molar-refractivity contribution in [2.45, 2.75) is 33.2 Å². The van der Waals surface area contributed by atoms with Crippen LogP contribution in [-0.4, -0.2) is 44.9 Å². The van der Waals surface area contributed by atoms with Crippen molar-refractivity contribution < 1.29 is 23.8 Å². The van der Waals surface area contributed by atoms with Crippen LogP contribution in [0.1, 0.15) is 27.2 Å². The second-order valence-electron chi connectivity index (χ2n) is 5.96. The van der Waals surface area contributed by atoms with Gasteiger partial charge in [-0.3, -0.25) is 4.79 Å². The van der Waals surface area contributed by atoms with Crippen LogP contribution < -0.4 is 20.1 Å². The number of hydrogen-bond donors (Lipinski definition) is 2. The van der Waals surface area contributed by atoms with Gasteiger partial charge in [0.05, 0.1) is 13.7 Å². The highest BCUT2D eigenvalue weighted by Gasteiger charge is 2.16. The number of carbonyl (C=O) groups excluding carboxylic acids is 2. The molecular weight excluding hydrogens is 324 g/mol. The lowest BCUT2D eigenvalue weighted by molar-refractivity contribution is -0.123. The molecule has 0 aliphatic rings. The van der Waals surface area contributed by atoms with Crippen LogP contribution in [-0.2, 0) is 9.53 Å². The van der Waals surface area contributed by atoms with Crippen LogP contribution in [0.3, 0.4) is 0 Å². The molecule has 0 saturated carbocycles. The van der Waals surface area contributed by atoms with Crippen LogP contribution in [0.15, 0.2) is 24.3 Å². The average molecular weight is 352 g/mol. The third-order valence-corrected chi connectivity index (χ3v) is 3.33. The minimum atomic E-state index is -0.475. The summed E-state index contributed by atoms with van der Waals surface area (Å²) in [5, 5.41) is 5.53. The van der Waals surface area contributed by atoms with Gasteiger partial charge in [0.25, 0.3) is 5.91 Å². The van der Waals surface area contributed by atoms with Crippen molar-refractivity contribution in [3.8, 4) is 11.5 Å². The van der Waals surface area contributed by atoms with Crippen LogP contribution in [0.25, 0.3) is 0 Å². The van der Waals surface area contributed by atoms with Gasteiger partial charge in [0, 0.05) is 12.6 Å². The van der Waals surface area contributed by atoms with E-state index in [2.05, 4.69) is 24.5 Å². The minimum absolute atomic E-state index is 0.0971. The lowest BCUT2D eigenvalue weighted by Crippen LogP contribution is -2.45. The van der Waals surface area contributed by atoms with Gasteiger partial charge in [-0.15, -0.1) is 0 Å². The van der Waals surface area contributed by atoms with E-state index >= 15 is 0 Å². The maximum Gasteiger partial charge on any atom is 0.407 e. The standard InChI is InChI=1S/C18H28N2O5/c1-5-24-18(22)20-14(10-13(2)3)11-19-17(21)12-25-16-8-6-15(23-4)7-9-16/h6-9,13-14H,5,10-12H2,1-4H3,(H,19,21)(H,20,22). The number of hydrogen-bond acceptors (Lipinski definition) is 5. The van der Waals surface area contributed by atoms with E-state index < -0.39 is 6.09 Å². The van der Waals surface area contributed by atoms with Crippen LogP contribution in [0.2, 0.25) is 0 Å². The topological polar surface area (TPSA) is 85.9 Å². The summed E-state index contributed by atoms with van der Waals surface area (Å²) in [5.74, 6) is 1.42. The van der Waals surface area contributed by atoms with Crippen LogP contribution in [0, 0.1) is 5.92 Å². The molecule has 1 atom stereocenters. The fourth-order valence-electron chi connectivity index (χ4n) is 2.21. The first-order valence-corrected chi connectivity index (χ1v) is 8.41. The SMILES string of the molecule is CCOC(=O)NC(CNC(=O)COc1ccc(OC)cc1)CC(C)C. The van der Waals surface area contributed by atoms with E-state index in [1.54, 1.807) is 38.3 Å². The number of alkyl carbamates (subject to hydrolysis) is 1. The number of benzene rings is 1. The van der Waals surface area contributed by atoms with E-state index in [1.165, 1.54) is 0 Å². The number of rotatable bonds is 10. The normalized spacial score (nSPS) is 11.6. The first kappa shape index (κ1) is 20.6. The third kappa shape index (κ3) is 8.83. The van der Waals surface area contributed by atoms with Crippen LogP contribution in [0.5, 0.6) is 11.5 Å². The van der Waals surface area contributed by atoms with Gasteiger partial charge in [-0.05, 0) is 43.5 Å². The molecule has 0 heterocycles. The smallest absolute Gasteiger partial charge is 0.407 e. The van der Waals surface area contributed by atoms with Crippen molar-refractivity contribution in [1.82, 2.24) is 10.6 Å². The highest BCUT2D eigenvalue weighted by Crippen LogP contribution is 2.16. The molecule has 2 N–H and O–H groups in total. The highest BCUT2D eigenvalue weighted by atomic mass is 16.5. The third-order valence-electron chi connectivity index (χ3n) is 3.33. The molecule has 140 valence electrons. The lowest BCUT2D eigenvalue weighted by atomic mass is 10.0. The fraction of sp³-hybridized carbons (Fsp3) is 0.556. The molecule has 7 heteroatoms. The van der Waals surface area contributed by atoms with Crippen molar-refractivity contribution in [3.63, 3.8) is 0 Å². The summed E-state index contributed by atoms with van der Waals surface area (Å²) in [5.41, 5.74) is 0. The molecule has 0 radical (unpaired) electrons. The van der Waals surface area contributed by atoms with E-state index in [9.17, 15) is 9.59 Å². The summed E-state index contributed by atoms with van der Waals surface area (Å²) in [4.78, 5) is 23.5. The molecular formula is C18H28N2O5. The number of methoxy groups -OCH3 is 1. The summed E-state index contributed by atoms with van der Waals surface area (Å²) in [6.07, 6.45) is 0.259. The lowest BCUT2D eigenvalue weighted by Gasteiger charge is -2.20. The number of carbonyl (C=O) groups is 2. The Hall–Kier alpha value is -2.44. The van der Waals surface area contributed by atoms with Gasteiger partial charge >= 0.3 is 6.09 Å². The molecule has 0 fully saturated rings. The summed E-state index contributed by atoms with van der Waals surface area (Å²) in [6, 6.07) is 6.79. The van der Waals surface area contributed by atoms with E-state index in [-0.39, 0.29) is 18.6 Å². The van der Waals surface area contributed by atoms with Gasteiger partial charge in [0.2, 0.25) is 0 Å². The van der Waals surface area contributed by atoms with E-state index in [1.807, 2.05) is 0 Å². The zero-order valence-corrected chi connectivity index (χ0v) is 15.3. The molecule has 0 aliphatic heterocycles. The second-order valence-corrected chi connectivity index (χ2v) is 5.96. The Balaban J connectivity index is 2.40.